The molecular weight excluding hydrogens is 390 g/mol. The maximum atomic E-state index is 13.0. The maximum absolute atomic E-state index is 13.0. The predicted octanol–water partition coefficient (Wildman–Crippen LogP) is 3.11. The summed E-state index contributed by atoms with van der Waals surface area (Å²) in [7, 11) is 1.60. The van der Waals surface area contributed by atoms with Gasteiger partial charge in [-0.3, -0.25) is 13.9 Å². The van der Waals surface area contributed by atoms with Gasteiger partial charge in [0.05, 0.1) is 5.39 Å². The number of fused-ring (bicyclic) bond motifs is 1. The van der Waals surface area contributed by atoms with E-state index in [4.69, 9.17) is 5.11 Å². The van der Waals surface area contributed by atoms with Gasteiger partial charge in [0, 0.05) is 32.0 Å². The van der Waals surface area contributed by atoms with Gasteiger partial charge in [-0.2, -0.15) is 8.78 Å². The fraction of sp³-hybridized carbons (Fsp3) is 0.368. The molecule has 0 aliphatic heterocycles. The first-order chi connectivity index (χ1) is 13.1. The highest BCUT2D eigenvalue weighted by Gasteiger charge is 2.23. The molecule has 28 heavy (non-hydrogen) atoms. The fourth-order valence-electron chi connectivity index (χ4n) is 3.06. The molecule has 1 N–H and O–H groups in total. The van der Waals surface area contributed by atoms with E-state index >= 15 is 0 Å². The summed E-state index contributed by atoms with van der Waals surface area (Å²) in [6.45, 7) is 2.48. The Labute approximate surface area is 163 Å². The quantitative estimate of drug-likeness (QED) is 0.678. The van der Waals surface area contributed by atoms with Crippen molar-refractivity contribution >= 4 is 21.6 Å². The highest BCUT2D eigenvalue weighted by atomic mass is 32.1. The predicted molar refractivity (Wildman–Crippen MR) is 104 cm³/mol. The Bertz CT molecular complexity index is 1120. The van der Waals surface area contributed by atoms with Crippen molar-refractivity contribution in [1.82, 2.24) is 9.13 Å². The van der Waals surface area contributed by atoms with E-state index in [0.717, 1.165) is 15.0 Å². The van der Waals surface area contributed by atoms with Crippen LogP contribution in [0.25, 0.3) is 20.7 Å². The Hall–Kier alpha value is -2.52. The highest BCUT2D eigenvalue weighted by molar-refractivity contribution is 7.22. The van der Waals surface area contributed by atoms with Crippen LogP contribution in [0, 0.1) is 6.92 Å². The zero-order chi connectivity index (χ0) is 20.6. The van der Waals surface area contributed by atoms with Crippen LogP contribution < -0.4 is 16.0 Å². The van der Waals surface area contributed by atoms with Crippen molar-refractivity contribution in [2.75, 3.05) is 6.61 Å². The molecular formula is C19H20F2N2O4S. The minimum Gasteiger partial charge on any atom is -0.433 e. The van der Waals surface area contributed by atoms with Crippen LogP contribution in [0.3, 0.4) is 0 Å². The average Bonchev–Trinajstić information content (AvgIpc) is 2.97. The van der Waals surface area contributed by atoms with Crippen LogP contribution in [0.1, 0.15) is 18.9 Å². The Balaban J connectivity index is 2.12. The zero-order valence-electron chi connectivity index (χ0n) is 15.7. The van der Waals surface area contributed by atoms with E-state index in [1.165, 1.54) is 28.0 Å². The van der Waals surface area contributed by atoms with E-state index in [0.29, 0.717) is 29.1 Å². The lowest BCUT2D eigenvalue weighted by Gasteiger charge is -2.13. The zero-order valence-corrected chi connectivity index (χ0v) is 16.5. The van der Waals surface area contributed by atoms with E-state index in [9.17, 15) is 18.4 Å². The van der Waals surface area contributed by atoms with Crippen molar-refractivity contribution in [2.45, 2.75) is 32.9 Å². The van der Waals surface area contributed by atoms with Gasteiger partial charge in [0.25, 0.3) is 5.56 Å². The lowest BCUT2D eigenvalue weighted by Crippen LogP contribution is -2.39. The van der Waals surface area contributed by atoms with Crippen LogP contribution in [-0.4, -0.2) is 27.0 Å². The minimum atomic E-state index is -3.27. The van der Waals surface area contributed by atoms with Gasteiger partial charge >= 0.3 is 11.8 Å². The van der Waals surface area contributed by atoms with Gasteiger partial charge in [-0.15, -0.1) is 11.3 Å². The molecule has 2 heterocycles. The number of aromatic nitrogens is 2. The van der Waals surface area contributed by atoms with Gasteiger partial charge in [-0.1, -0.05) is 0 Å². The molecule has 9 heteroatoms. The molecule has 3 aromatic rings. The van der Waals surface area contributed by atoms with E-state index in [1.807, 2.05) is 0 Å². The van der Waals surface area contributed by atoms with Gasteiger partial charge in [-0.05, 0) is 48.7 Å². The molecule has 3 rings (SSSR count). The Morgan fingerprint density at radius 2 is 1.86 bits per heavy atom. The van der Waals surface area contributed by atoms with Crippen LogP contribution in [0.5, 0.6) is 5.75 Å². The summed E-state index contributed by atoms with van der Waals surface area (Å²) >= 11 is 1.29. The number of hydrogen-bond donors (Lipinski definition) is 1. The van der Waals surface area contributed by atoms with Crippen molar-refractivity contribution < 1.29 is 18.6 Å². The summed E-state index contributed by atoms with van der Waals surface area (Å²) < 4.78 is 33.1. The standard InChI is InChI=1S/C19H20F2N2O4S/c1-11-14-16(25)23(9-4-10-24)18(26)22(3)17(14)28-15(11)12-5-7-13(8-6-12)27-19(2,20)21/h5-8,24H,4,9-10H2,1-3H3. The molecule has 0 aliphatic carbocycles. The third kappa shape index (κ3) is 3.72. The Morgan fingerprint density at radius 1 is 1.21 bits per heavy atom. The second kappa shape index (κ2) is 7.48. The van der Waals surface area contributed by atoms with Crippen LogP contribution >= 0.6 is 11.3 Å². The van der Waals surface area contributed by atoms with Crippen molar-refractivity contribution in [2.24, 2.45) is 7.05 Å². The van der Waals surface area contributed by atoms with Gasteiger partial charge in [-0.25, -0.2) is 4.79 Å². The summed E-state index contributed by atoms with van der Waals surface area (Å²) in [5.74, 6) is 0.0359. The minimum absolute atomic E-state index is 0.0359. The van der Waals surface area contributed by atoms with Crippen molar-refractivity contribution in [1.29, 1.82) is 0 Å². The number of thiophene rings is 1. The Morgan fingerprint density at radius 3 is 2.43 bits per heavy atom. The smallest absolute Gasteiger partial charge is 0.394 e. The highest BCUT2D eigenvalue weighted by Crippen LogP contribution is 2.37. The Kier molecular flexibility index (Phi) is 5.40. The number of aryl methyl sites for hydroxylation is 2. The van der Waals surface area contributed by atoms with Crippen LogP contribution in [0.15, 0.2) is 33.9 Å². The molecule has 0 radical (unpaired) electrons. The first-order valence-electron chi connectivity index (χ1n) is 8.65. The number of halogens is 2. The normalized spacial score (nSPS) is 11.9. The average molecular weight is 410 g/mol. The van der Waals surface area contributed by atoms with E-state index in [2.05, 4.69) is 4.74 Å². The molecule has 1 aromatic carbocycles. The monoisotopic (exact) mass is 410 g/mol. The second-order valence-corrected chi connectivity index (χ2v) is 7.55. The maximum Gasteiger partial charge on any atom is 0.394 e. The third-order valence-electron chi connectivity index (χ3n) is 4.36. The summed E-state index contributed by atoms with van der Waals surface area (Å²) in [6.07, 6.45) is -2.97. The molecule has 0 saturated heterocycles. The number of hydrogen-bond acceptors (Lipinski definition) is 5. The van der Waals surface area contributed by atoms with Crippen LogP contribution in [-0.2, 0) is 13.6 Å². The van der Waals surface area contributed by atoms with Gasteiger partial charge in [0.15, 0.2) is 0 Å². The second-order valence-electron chi connectivity index (χ2n) is 6.55. The number of benzene rings is 1. The van der Waals surface area contributed by atoms with E-state index in [1.54, 1.807) is 26.1 Å². The summed E-state index contributed by atoms with van der Waals surface area (Å²) in [5.41, 5.74) is 0.622. The molecule has 0 saturated carbocycles. The molecule has 0 atom stereocenters. The molecule has 0 spiro atoms. The van der Waals surface area contributed by atoms with Gasteiger partial charge in [0.2, 0.25) is 0 Å². The van der Waals surface area contributed by atoms with Crippen LogP contribution in [0.2, 0.25) is 0 Å². The van der Waals surface area contributed by atoms with E-state index < -0.39 is 17.4 Å². The first kappa shape index (κ1) is 20.2. The first-order valence-corrected chi connectivity index (χ1v) is 9.46. The molecule has 0 aliphatic rings. The summed E-state index contributed by atoms with van der Waals surface area (Å²) in [6, 6.07) is 6.16. The van der Waals surface area contributed by atoms with Gasteiger partial charge < -0.3 is 9.84 Å². The molecule has 0 bridgehead atoms. The molecule has 0 fully saturated rings. The number of rotatable bonds is 6. The molecule has 150 valence electrons. The number of ether oxygens (including phenoxy) is 1. The number of aliphatic hydroxyl groups is 1. The summed E-state index contributed by atoms with van der Waals surface area (Å²) in [4.78, 5) is 26.7. The molecule has 6 nitrogen and oxygen atoms in total. The number of aliphatic hydroxyl groups excluding tert-OH is 1. The lowest BCUT2D eigenvalue weighted by molar-refractivity contribution is -0.158. The van der Waals surface area contributed by atoms with Crippen LogP contribution in [0.4, 0.5) is 8.78 Å². The SMILES string of the molecule is Cc1c(-c2ccc(OC(C)(F)F)cc2)sc2c1c(=O)n(CCCO)c(=O)n2C. The molecule has 2 aromatic heterocycles. The molecule has 0 unspecified atom stereocenters. The molecule has 0 amide bonds. The van der Waals surface area contributed by atoms with Crippen molar-refractivity contribution in [3.8, 4) is 16.2 Å². The van der Waals surface area contributed by atoms with E-state index in [-0.39, 0.29) is 18.9 Å². The number of alkyl halides is 2. The summed E-state index contributed by atoms with van der Waals surface area (Å²) in [5, 5.41) is 9.46. The van der Waals surface area contributed by atoms with Crippen molar-refractivity contribution in [3.05, 3.63) is 50.7 Å². The largest absolute Gasteiger partial charge is 0.433 e. The lowest BCUT2D eigenvalue weighted by atomic mass is 10.1. The topological polar surface area (TPSA) is 73.5 Å². The third-order valence-corrected chi connectivity index (χ3v) is 5.78. The van der Waals surface area contributed by atoms with Gasteiger partial charge in [0.1, 0.15) is 10.6 Å². The fourth-order valence-corrected chi connectivity index (χ4v) is 4.32. The number of nitrogens with zero attached hydrogens (tertiary/aromatic N) is 2. The van der Waals surface area contributed by atoms with Crippen molar-refractivity contribution in [3.63, 3.8) is 0 Å².